The Morgan fingerprint density at radius 2 is 2.21 bits per heavy atom. The third-order valence-electron chi connectivity index (χ3n) is 3.30. The molecule has 0 bridgehead atoms. The van der Waals surface area contributed by atoms with Crippen LogP contribution in [0.4, 0.5) is 0 Å². The lowest BCUT2D eigenvalue weighted by molar-refractivity contribution is 0.0717. The van der Waals surface area contributed by atoms with Crippen molar-refractivity contribution in [1.82, 2.24) is 20.0 Å². The summed E-state index contributed by atoms with van der Waals surface area (Å²) < 4.78 is 5.03. The van der Waals surface area contributed by atoms with Crippen LogP contribution in [0.25, 0.3) is 0 Å². The second-order valence-corrected chi connectivity index (χ2v) is 4.75. The van der Waals surface area contributed by atoms with Gasteiger partial charge in [0.2, 0.25) is 0 Å². The molecule has 0 aliphatic carbocycles. The molecule has 2 aromatic heterocycles. The van der Waals surface area contributed by atoms with Gasteiger partial charge in [0, 0.05) is 12.3 Å². The number of nitrogens with zero attached hydrogens (tertiary/aromatic N) is 4. The van der Waals surface area contributed by atoms with E-state index in [2.05, 4.69) is 15.1 Å². The molecule has 0 N–H and O–H groups in total. The number of carbonyl (C=O) groups excluding carboxylic acids is 1. The molecule has 98 valence electrons. The van der Waals surface area contributed by atoms with Crippen molar-refractivity contribution < 1.29 is 9.32 Å². The molecule has 0 radical (unpaired) electrons. The van der Waals surface area contributed by atoms with Crippen LogP contribution in [0.15, 0.2) is 16.8 Å². The lowest BCUT2D eigenvalue weighted by Gasteiger charge is -2.19. The van der Waals surface area contributed by atoms with Gasteiger partial charge in [0.1, 0.15) is 17.3 Å². The molecule has 1 atom stereocenters. The molecular weight excluding hydrogens is 244 g/mol. The Bertz CT molecular complexity index is 650. The van der Waals surface area contributed by atoms with Gasteiger partial charge in [-0.1, -0.05) is 5.16 Å². The lowest BCUT2D eigenvalue weighted by atomic mass is 10.2. The zero-order chi connectivity index (χ0) is 13.6. The lowest BCUT2D eigenvalue weighted by Crippen LogP contribution is -2.26. The first kappa shape index (κ1) is 11.8. The van der Waals surface area contributed by atoms with E-state index in [1.165, 1.54) is 0 Å². The van der Waals surface area contributed by atoms with Gasteiger partial charge in [-0.25, -0.2) is 9.97 Å². The second-order valence-electron chi connectivity index (χ2n) is 4.75. The molecule has 0 saturated heterocycles. The molecule has 0 saturated carbocycles. The summed E-state index contributed by atoms with van der Waals surface area (Å²) in [6, 6.07) is 1.76. The van der Waals surface area contributed by atoms with Gasteiger partial charge in [0.15, 0.2) is 0 Å². The van der Waals surface area contributed by atoms with Gasteiger partial charge in [-0.3, -0.25) is 4.79 Å². The molecule has 2 aromatic rings. The Hall–Kier alpha value is -2.24. The largest absolute Gasteiger partial charge is 0.361 e. The number of hydrogen-bond donors (Lipinski definition) is 0. The maximum atomic E-state index is 12.3. The zero-order valence-corrected chi connectivity index (χ0v) is 11.0. The van der Waals surface area contributed by atoms with Gasteiger partial charge in [0.05, 0.1) is 23.8 Å². The molecule has 0 spiro atoms. The summed E-state index contributed by atoms with van der Waals surface area (Å²) in [7, 11) is 0. The number of amides is 1. The molecule has 1 amide bonds. The molecule has 1 aliphatic heterocycles. The maximum Gasteiger partial charge on any atom is 0.258 e. The van der Waals surface area contributed by atoms with Crippen molar-refractivity contribution in [1.29, 1.82) is 0 Å². The molecule has 3 heterocycles. The van der Waals surface area contributed by atoms with Crippen LogP contribution in [0, 0.1) is 13.8 Å². The molecule has 3 rings (SSSR count). The third-order valence-corrected chi connectivity index (χ3v) is 3.30. The van der Waals surface area contributed by atoms with E-state index in [-0.39, 0.29) is 11.9 Å². The average molecular weight is 258 g/mol. The van der Waals surface area contributed by atoms with Crippen molar-refractivity contribution in [3.8, 4) is 0 Å². The molecule has 6 nitrogen and oxygen atoms in total. The predicted molar refractivity (Wildman–Crippen MR) is 66.3 cm³/mol. The zero-order valence-electron chi connectivity index (χ0n) is 11.0. The maximum absolute atomic E-state index is 12.3. The Morgan fingerprint density at radius 1 is 1.42 bits per heavy atom. The quantitative estimate of drug-likeness (QED) is 0.821. The fraction of sp³-hybridized carbons (Fsp3) is 0.385. The van der Waals surface area contributed by atoms with Crippen molar-refractivity contribution >= 4 is 5.91 Å². The van der Waals surface area contributed by atoms with Crippen molar-refractivity contribution in [2.45, 2.75) is 33.4 Å². The van der Waals surface area contributed by atoms with E-state index < -0.39 is 0 Å². The van der Waals surface area contributed by atoms with Crippen LogP contribution in [0.3, 0.4) is 0 Å². The fourth-order valence-electron chi connectivity index (χ4n) is 2.32. The van der Waals surface area contributed by atoms with E-state index in [4.69, 9.17) is 4.52 Å². The Kier molecular flexibility index (Phi) is 2.58. The highest BCUT2D eigenvalue weighted by Crippen LogP contribution is 2.32. The molecule has 0 fully saturated rings. The highest BCUT2D eigenvalue weighted by atomic mass is 16.5. The van der Waals surface area contributed by atoms with Gasteiger partial charge in [-0.05, 0) is 20.8 Å². The average Bonchev–Trinajstić information content (AvgIpc) is 2.88. The van der Waals surface area contributed by atoms with Gasteiger partial charge in [-0.2, -0.15) is 0 Å². The van der Waals surface area contributed by atoms with E-state index in [0.717, 1.165) is 17.1 Å². The Morgan fingerprint density at radius 3 is 2.89 bits per heavy atom. The highest BCUT2D eigenvalue weighted by Gasteiger charge is 2.36. The topological polar surface area (TPSA) is 72.1 Å². The number of carbonyl (C=O) groups is 1. The summed E-state index contributed by atoms with van der Waals surface area (Å²) in [4.78, 5) is 22.5. The number of hydrogen-bond acceptors (Lipinski definition) is 5. The minimum atomic E-state index is -0.0683. The first-order valence-electron chi connectivity index (χ1n) is 6.13. The molecular formula is C13H14N4O2. The smallest absolute Gasteiger partial charge is 0.258 e. The van der Waals surface area contributed by atoms with Crippen LogP contribution in [0.2, 0.25) is 0 Å². The second kappa shape index (κ2) is 4.15. The van der Waals surface area contributed by atoms with Crippen molar-refractivity contribution in [2.75, 3.05) is 0 Å². The first-order chi connectivity index (χ1) is 9.06. The summed E-state index contributed by atoms with van der Waals surface area (Å²) in [6.45, 7) is 6.03. The van der Waals surface area contributed by atoms with Gasteiger partial charge < -0.3 is 9.42 Å². The minimum absolute atomic E-state index is 0.0526. The monoisotopic (exact) mass is 258 g/mol. The Balaban J connectivity index is 1.91. The molecule has 1 aliphatic rings. The van der Waals surface area contributed by atoms with E-state index >= 15 is 0 Å². The summed E-state index contributed by atoms with van der Waals surface area (Å²) >= 11 is 0. The van der Waals surface area contributed by atoms with Gasteiger partial charge in [-0.15, -0.1) is 0 Å². The van der Waals surface area contributed by atoms with Crippen molar-refractivity contribution in [3.05, 3.63) is 40.8 Å². The predicted octanol–water partition coefficient (Wildman–Crippen LogP) is 1.80. The van der Waals surface area contributed by atoms with E-state index in [1.807, 2.05) is 26.8 Å². The Labute approximate surface area is 110 Å². The van der Waals surface area contributed by atoms with Crippen LogP contribution in [0.1, 0.15) is 46.3 Å². The number of aryl methyl sites for hydroxylation is 2. The van der Waals surface area contributed by atoms with Crippen LogP contribution in [0.5, 0.6) is 0 Å². The van der Waals surface area contributed by atoms with Crippen molar-refractivity contribution in [2.24, 2.45) is 0 Å². The van der Waals surface area contributed by atoms with Gasteiger partial charge >= 0.3 is 0 Å². The van der Waals surface area contributed by atoms with Crippen LogP contribution in [-0.4, -0.2) is 25.9 Å². The van der Waals surface area contributed by atoms with E-state index in [1.54, 1.807) is 11.1 Å². The SMILES string of the molecule is Cc1ncc2c(n1)C(C)N(Cc1cc(C)on1)C2=O. The molecule has 19 heavy (non-hydrogen) atoms. The minimum Gasteiger partial charge on any atom is -0.361 e. The van der Waals surface area contributed by atoms with Crippen LogP contribution >= 0.6 is 0 Å². The highest BCUT2D eigenvalue weighted by molar-refractivity contribution is 5.98. The molecule has 0 aromatic carbocycles. The van der Waals surface area contributed by atoms with Crippen LogP contribution in [-0.2, 0) is 6.54 Å². The summed E-state index contributed by atoms with van der Waals surface area (Å²) in [5.74, 6) is 1.36. The number of fused-ring (bicyclic) bond motifs is 1. The van der Waals surface area contributed by atoms with E-state index in [0.29, 0.717) is 17.9 Å². The summed E-state index contributed by atoms with van der Waals surface area (Å²) in [5.41, 5.74) is 2.12. The normalized spacial score (nSPS) is 17.9. The van der Waals surface area contributed by atoms with E-state index in [9.17, 15) is 4.79 Å². The first-order valence-corrected chi connectivity index (χ1v) is 6.13. The summed E-state index contributed by atoms with van der Waals surface area (Å²) in [6.07, 6.45) is 1.60. The van der Waals surface area contributed by atoms with Crippen LogP contribution < -0.4 is 0 Å². The fourth-order valence-corrected chi connectivity index (χ4v) is 2.32. The van der Waals surface area contributed by atoms with Crippen molar-refractivity contribution in [3.63, 3.8) is 0 Å². The molecule has 6 heteroatoms. The molecule has 1 unspecified atom stereocenters. The van der Waals surface area contributed by atoms with Gasteiger partial charge in [0.25, 0.3) is 5.91 Å². The standard InChI is InChI=1S/C13H14N4O2/c1-7-4-10(16-19-7)6-17-8(2)12-11(13(17)18)5-14-9(3)15-12/h4-5,8H,6H2,1-3H3. The number of aromatic nitrogens is 3. The summed E-state index contributed by atoms with van der Waals surface area (Å²) in [5, 5.41) is 3.92. The number of rotatable bonds is 2. The third kappa shape index (κ3) is 1.89.